The lowest BCUT2D eigenvalue weighted by molar-refractivity contribution is -0.122. The topological polar surface area (TPSA) is 17.1 Å². The summed E-state index contributed by atoms with van der Waals surface area (Å²) in [5.74, 6) is 1.20. The number of Topliss-reactive ketones (excluding diaryl/α,β-unsaturated/α-hetero) is 1. The number of hydrogen-bond acceptors (Lipinski definition) is 1. The average molecular weight is 156 g/mol. The molecule has 0 heterocycles. The van der Waals surface area contributed by atoms with Crippen molar-refractivity contribution in [2.24, 2.45) is 11.8 Å². The maximum atomic E-state index is 11.2. The molecule has 0 fully saturated rings. The van der Waals surface area contributed by atoms with Crippen LogP contribution in [0.15, 0.2) is 0 Å². The van der Waals surface area contributed by atoms with Crippen molar-refractivity contribution >= 4 is 5.78 Å². The van der Waals surface area contributed by atoms with E-state index in [-0.39, 0.29) is 5.92 Å². The van der Waals surface area contributed by atoms with E-state index in [1.165, 1.54) is 12.8 Å². The fraction of sp³-hybridized carbons (Fsp3) is 0.900. The summed E-state index contributed by atoms with van der Waals surface area (Å²) in [5, 5.41) is 0. The summed E-state index contributed by atoms with van der Waals surface area (Å²) < 4.78 is 0. The normalized spacial score (nSPS) is 13.5. The maximum absolute atomic E-state index is 11.2. The van der Waals surface area contributed by atoms with E-state index in [0.29, 0.717) is 11.7 Å². The maximum Gasteiger partial charge on any atom is 0.135 e. The second-order valence-corrected chi connectivity index (χ2v) is 3.72. The Kier molecular flexibility index (Phi) is 5.18. The van der Waals surface area contributed by atoms with Gasteiger partial charge in [-0.1, -0.05) is 40.5 Å². The Labute approximate surface area is 70.2 Å². The Balaban J connectivity index is 3.57. The molecule has 66 valence electrons. The Morgan fingerprint density at radius 3 is 2.18 bits per heavy atom. The summed E-state index contributed by atoms with van der Waals surface area (Å²) in [7, 11) is 0. The minimum Gasteiger partial charge on any atom is -0.299 e. The third-order valence-corrected chi connectivity index (χ3v) is 1.98. The predicted molar refractivity (Wildman–Crippen MR) is 48.5 cm³/mol. The van der Waals surface area contributed by atoms with Gasteiger partial charge in [-0.25, -0.2) is 0 Å². The van der Waals surface area contributed by atoms with Crippen molar-refractivity contribution in [2.45, 2.75) is 47.0 Å². The molecule has 0 spiro atoms. The molecule has 0 aromatic heterocycles. The third-order valence-electron chi connectivity index (χ3n) is 1.98. The third kappa shape index (κ3) is 5.00. The van der Waals surface area contributed by atoms with Gasteiger partial charge in [0.05, 0.1) is 0 Å². The average Bonchev–Trinajstić information content (AvgIpc) is 1.87. The molecule has 0 aliphatic heterocycles. The first-order valence-corrected chi connectivity index (χ1v) is 4.60. The van der Waals surface area contributed by atoms with Gasteiger partial charge in [-0.15, -0.1) is 0 Å². The van der Waals surface area contributed by atoms with Crippen LogP contribution in [0.3, 0.4) is 0 Å². The molecular weight excluding hydrogens is 136 g/mol. The molecule has 1 nitrogen and oxygen atoms in total. The highest BCUT2D eigenvalue weighted by atomic mass is 16.1. The number of carbonyl (C=O) groups is 1. The lowest BCUT2D eigenvalue weighted by atomic mass is 9.95. The van der Waals surface area contributed by atoms with Crippen molar-refractivity contribution in [3.05, 3.63) is 0 Å². The van der Waals surface area contributed by atoms with Gasteiger partial charge in [0, 0.05) is 12.3 Å². The SMILES string of the molecule is CCCC(C)CC(=O)C(C)C. The van der Waals surface area contributed by atoms with Crippen molar-refractivity contribution < 1.29 is 4.79 Å². The zero-order chi connectivity index (χ0) is 8.85. The van der Waals surface area contributed by atoms with Crippen LogP contribution in [-0.4, -0.2) is 5.78 Å². The molecule has 0 rings (SSSR count). The lowest BCUT2D eigenvalue weighted by Crippen LogP contribution is -2.11. The number of hydrogen-bond donors (Lipinski definition) is 0. The molecule has 1 unspecified atom stereocenters. The molecule has 1 atom stereocenters. The van der Waals surface area contributed by atoms with Crippen LogP contribution < -0.4 is 0 Å². The highest BCUT2D eigenvalue weighted by molar-refractivity contribution is 5.80. The van der Waals surface area contributed by atoms with Crippen LogP contribution in [0, 0.1) is 11.8 Å². The van der Waals surface area contributed by atoms with Gasteiger partial charge in [0.2, 0.25) is 0 Å². The van der Waals surface area contributed by atoms with Crippen molar-refractivity contribution in [2.75, 3.05) is 0 Å². The largest absolute Gasteiger partial charge is 0.299 e. The summed E-state index contributed by atoms with van der Waals surface area (Å²) in [6.45, 7) is 8.27. The van der Waals surface area contributed by atoms with E-state index >= 15 is 0 Å². The van der Waals surface area contributed by atoms with Gasteiger partial charge >= 0.3 is 0 Å². The van der Waals surface area contributed by atoms with Crippen LogP contribution in [0.5, 0.6) is 0 Å². The summed E-state index contributed by atoms with van der Waals surface area (Å²) in [4.78, 5) is 11.2. The van der Waals surface area contributed by atoms with E-state index in [1.54, 1.807) is 0 Å². The van der Waals surface area contributed by atoms with E-state index in [0.717, 1.165) is 6.42 Å². The highest BCUT2D eigenvalue weighted by Gasteiger charge is 2.10. The molecule has 0 aliphatic rings. The van der Waals surface area contributed by atoms with E-state index in [1.807, 2.05) is 13.8 Å². The molecule has 0 saturated carbocycles. The summed E-state index contributed by atoms with van der Waals surface area (Å²) in [6, 6.07) is 0. The Morgan fingerprint density at radius 1 is 1.27 bits per heavy atom. The summed E-state index contributed by atoms with van der Waals surface area (Å²) in [5.41, 5.74) is 0. The minimum atomic E-state index is 0.217. The van der Waals surface area contributed by atoms with Gasteiger partial charge in [0.15, 0.2) is 0 Å². The Bertz CT molecular complexity index is 116. The van der Waals surface area contributed by atoms with Crippen molar-refractivity contribution in [3.63, 3.8) is 0 Å². The molecule has 0 amide bonds. The van der Waals surface area contributed by atoms with Gasteiger partial charge in [-0.3, -0.25) is 4.79 Å². The van der Waals surface area contributed by atoms with Crippen LogP contribution in [0.2, 0.25) is 0 Å². The van der Waals surface area contributed by atoms with Crippen LogP contribution in [-0.2, 0) is 4.79 Å². The van der Waals surface area contributed by atoms with E-state index in [2.05, 4.69) is 13.8 Å². The summed E-state index contributed by atoms with van der Waals surface area (Å²) in [6.07, 6.45) is 3.14. The molecule has 0 bridgehead atoms. The minimum absolute atomic E-state index is 0.217. The van der Waals surface area contributed by atoms with Crippen molar-refractivity contribution in [1.82, 2.24) is 0 Å². The fourth-order valence-electron chi connectivity index (χ4n) is 1.17. The first-order valence-electron chi connectivity index (χ1n) is 4.60. The Morgan fingerprint density at radius 2 is 1.82 bits per heavy atom. The standard InChI is InChI=1S/C10H20O/c1-5-6-9(4)7-10(11)8(2)3/h8-9H,5-7H2,1-4H3. The second-order valence-electron chi connectivity index (χ2n) is 3.72. The molecule has 1 heteroatoms. The zero-order valence-electron chi connectivity index (χ0n) is 8.18. The van der Waals surface area contributed by atoms with Crippen LogP contribution in [0.4, 0.5) is 0 Å². The number of ketones is 1. The first-order chi connectivity index (χ1) is 5.07. The van der Waals surface area contributed by atoms with Gasteiger partial charge in [0.1, 0.15) is 5.78 Å². The zero-order valence-corrected chi connectivity index (χ0v) is 8.18. The molecule has 0 N–H and O–H groups in total. The Hall–Kier alpha value is -0.330. The van der Waals surface area contributed by atoms with Gasteiger partial charge in [-0.05, 0) is 5.92 Å². The molecule has 0 radical (unpaired) electrons. The molecule has 0 aromatic carbocycles. The van der Waals surface area contributed by atoms with Gasteiger partial charge in [0.25, 0.3) is 0 Å². The van der Waals surface area contributed by atoms with Crippen LogP contribution in [0.25, 0.3) is 0 Å². The van der Waals surface area contributed by atoms with Gasteiger partial charge in [-0.2, -0.15) is 0 Å². The molecular formula is C10H20O. The van der Waals surface area contributed by atoms with Gasteiger partial charge < -0.3 is 0 Å². The quantitative estimate of drug-likeness (QED) is 0.598. The monoisotopic (exact) mass is 156 g/mol. The molecule has 0 aliphatic carbocycles. The van der Waals surface area contributed by atoms with E-state index in [9.17, 15) is 4.79 Å². The number of rotatable bonds is 5. The highest BCUT2D eigenvalue weighted by Crippen LogP contribution is 2.13. The first kappa shape index (κ1) is 10.7. The molecule has 0 saturated heterocycles. The predicted octanol–water partition coefficient (Wildman–Crippen LogP) is 3.04. The van der Waals surface area contributed by atoms with E-state index < -0.39 is 0 Å². The second kappa shape index (κ2) is 5.34. The van der Waals surface area contributed by atoms with Crippen molar-refractivity contribution in [1.29, 1.82) is 0 Å². The fourth-order valence-corrected chi connectivity index (χ4v) is 1.17. The van der Waals surface area contributed by atoms with E-state index in [4.69, 9.17) is 0 Å². The summed E-state index contributed by atoms with van der Waals surface area (Å²) >= 11 is 0. The lowest BCUT2D eigenvalue weighted by Gasteiger charge is -2.10. The van der Waals surface area contributed by atoms with Crippen LogP contribution in [0.1, 0.15) is 47.0 Å². The van der Waals surface area contributed by atoms with Crippen LogP contribution >= 0.6 is 0 Å². The number of carbonyl (C=O) groups excluding carboxylic acids is 1. The smallest absolute Gasteiger partial charge is 0.135 e. The molecule has 0 aromatic rings. The molecule has 11 heavy (non-hydrogen) atoms. The van der Waals surface area contributed by atoms with Crippen molar-refractivity contribution in [3.8, 4) is 0 Å².